The Labute approximate surface area is 214 Å². The molecule has 2 N–H and O–H groups in total. The number of nitrogens with one attached hydrogen (secondary N) is 2. The third-order valence-corrected chi connectivity index (χ3v) is 9.39. The van der Waals surface area contributed by atoms with Gasteiger partial charge in [0.15, 0.2) is 4.34 Å². The van der Waals surface area contributed by atoms with E-state index < -0.39 is 15.3 Å². The monoisotopic (exact) mass is 535 g/mol. The summed E-state index contributed by atoms with van der Waals surface area (Å²) in [4.78, 5) is 13.0. The van der Waals surface area contributed by atoms with Crippen molar-refractivity contribution < 1.29 is 17.9 Å². The van der Waals surface area contributed by atoms with Crippen molar-refractivity contribution in [1.29, 1.82) is 0 Å². The number of benzene rings is 2. The summed E-state index contributed by atoms with van der Waals surface area (Å²) in [5, 5.41) is 14.4. The summed E-state index contributed by atoms with van der Waals surface area (Å²) in [5.41, 5.74) is 1.90. The minimum atomic E-state index is -3.64. The molecular formula is C23H29N5O4S3. The first-order valence-electron chi connectivity index (χ1n) is 11.0. The summed E-state index contributed by atoms with van der Waals surface area (Å²) in [7, 11) is -2.03. The molecule has 0 aliphatic carbocycles. The molecule has 0 aliphatic rings. The van der Waals surface area contributed by atoms with Crippen molar-refractivity contribution in [2.75, 3.05) is 30.8 Å². The predicted molar refractivity (Wildman–Crippen MR) is 141 cm³/mol. The van der Waals surface area contributed by atoms with E-state index in [9.17, 15) is 13.2 Å². The molecule has 188 valence electrons. The number of hydrogen-bond donors (Lipinski definition) is 2. The quantitative estimate of drug-likeness (QED) is 0.338. The number of nitrogens with zero attached hydrogens (tertiary/aromatic N) is 3. The van der Waals surface area contributed by atoms with Crippen molar-refractivity contribution >= 4 is 55.5 Å². The van der Waals surface area contributed by atoms with Crippen molar-refractivity contribution in [3.05, 3.63) is 48.0 Å². The molecule has 0 radical (unpaired) electrons. The molecule has 1 atom stereocenters. The molecule has 3 aromatic rings. The smallest absolute Gasteiger partial charge is 0.243 e. The van der Waals surface area contributed by atoms with Crippen LogP contribution in [0.2, 0.25) is 0 Å². The van der Waals surface area contributed by atoms with Gasteiger partial charge in [0.2, 0.25) is 21.1 Å². The van der Waals surface area contributed by atoms with Gasteiger partial charge in [0, 0.05) is 24.5 Å². The lowest BCUT2D eigenvalue weighted by Gasteiger charge is -2.20. The maximum Gasteiger partial charge on any atom is 0.243 e. The number of amides is 1. The van der Waals surface area contributed by atoms with Crippen LogP contribution in [0.3, 0.4) is 0 Å². The van der Waals surface area contributed by atoms with Crippen LogP contribution in [-0.2, 0) is 14.8 Å². The maximum absolute atomic E-state index is 13.0. The van der Waals surface area contributed by atoms with Gasteiger partial charge in [-0.2, -0.15) is 4.31 Å². The summed E-state index contributed by atoms with van der Waals surface area (Å²) in [6, 6.07) is 12.3. The summed E-state index contributed by atoms with van der Waals surface area (Å²) in [6.45, 7) is 7.85. The fourth-order valence-electron chi connectivity index (χ4n) is 3.21. The van der Waals surface area contributed by atoms with Gasteiger partial charge in [0.25, 0.3) is 0 Å². The molecule has 0 saturated heterocycles. The average Bonchev–Trinajstić information content (AvgIpc) is 3.27. The van der Waals surface area contributed by atoms with Gasteiger partial charge in [-0.05, 0) is 55.8 Å². The van der Waals surface area contributed by atoms with Crippen molar-refractivity contribution in [3.63, 3.8) is 0 Å². The number of sulfonamides is 1. The van der Waals surface area contributed by atoms with Crippen LogP contribution in [0.5, 0.6) is 5.75 Å². The highest BCUT2D eigenvalue weighted by atomic mass is 32.2. The zero-order chi connectivity index (χ0) is 25.6. The first-order valence-corrected chi connectivity index (χ1v) is 14.1. The molecule has 1 unspecified atom stereocenters. The number of methoxy groups -OCH3 is 1. The Balaban J connectivity index is 1.65. The number of aromatic nitrogens is 2. The molecule has 0 aliphatic heterocycles. The molecular weight excluding hydrogens is 506 g/mol. The number of rotatable bonds is 11. The van der Waals surface area contributed by atoms with Gasteiger partial charge in [-0.15, -0.1) is 10.2 Å². The zero-order valence-electron chi connectivity index (χ0n) is 20.2. The second-order valence-corrected chi connectivity index (χ2v) is 12.0. The minimum absolute atomic E-state index is 0.192. The Kier molecular flexibility index (Phi) is 9.11. The second kappa shape index (κ2) is 11.8. The zero-order valence-corrected chi connectivity index (χ0v) is 22.7. The van der Waals surface area contributed by atoms with Gasteiger partial charge in [-0.1, -0.05) is 43.0 Å². The molecule has 35 heavy (non-hydrogen) atoms. The normalized spacial score (nSPS) is 12.4. The molecule has 12 heteroatoms. The summed E-state index contributed by atoms with van der Waals surface area (Å²) < 4.78 is 33.1. The fourth-order valence-corrected chi connectivity index (χ4v) is 6.84. The molecule has 9 nitrogen and oxygen atoms in total. The maximum atomic E-state index is 13.0. The number of aryl methyl sites for hydroxylation is 1. The number of carbonyl (C=O) groups excluding carboxylic acids is 1. The van der Waals surface area contributed by atoms with Gasteiger partial charge >= 0.3 is 0 Å². The summed E-state index contributed by atoms with van der Waals surface area (Å²) >= 11 is 2.62. The molecule has 1 heterocycles. The average molecular weight is 536 g/mol. The number of anilines is 3. The second-order valence-electron chi connectivity index (χ2n) is 7.55. The van der Waals surface area contributed by atoms with E-state index in [1.807, 2.05) is 24.3 Å². The Hall–Kier alpha value is -2.67. The van der Waals surface area contributed by atoms with E-state index in [1.165, 1.54) is 33.5 Å². The highest BCUT2D eigenvalue weighted by Crippen LogP contribution is 2.31. The third kappa shape index (κ3) is 6.72. The molecule has 1 aromatic heterocycles. The highest BCUT2D eigenvalue weighted by molar-refractivity contribution is 8.02. The van der Waals surface area contributed by atoms with E-state index in [0.29, 0.717) is 33.8 Å². The molecule has 3 rings (SSSR count). The van der Waals surface area contributed by atoms with Crippen LogP contribution in [0, 0.1) is 6.92 Å². The first-order chi connectivity index (χ1) is 16.7. The lowest BCUT2D eigenvalue weighted by Crippen LogP contribution is -2.31. The number of hydrogen-bond acceptors (Lipinski definition) is 9. The number of ether oxygens (including phenoxy) is 1. The standard InChI is InChI=1S/C23H29N5O4S3/c1-6-28(7-2)35(30,31)20-14-18(9-8-15(20)3)24-21(29)16(4)33-23-27-26-22(34-23)25-17-10-12-19(32-5)13-11-17/h8-14,16H,6-7H2,1-5H3,(H,24,29)(H,25,26). The van der Waals surface area contributed by atoms with Gasteiger partial charge < -0.3 is 15.4 Å². The van der Waals surface area contributed by atoms with Crippen molar-refractivity contribution in [2.45, 2.75) is 42.2 Å². The van der Waals surface area contributed by atoms with E-state index >= 15 is 0 Å². The minimum Gasteiger partial charge on any atom is -0.497 e. The van der Waals surface area contributed by atoms with Crippen molar-refractivity contribution in [3.8, 4) is 5.75 Å². The van der Waals surface area contributed by atoms with Gasteiger partial charge in [0.1, 0.15) is 5.75 Å². The van der Waals surface area contributed by atoms with Gasteiger partial charge in [-0.3, -0.25) is 4.79 Å². The highest BCUT2D eigenvalue weighted by Gasteiger charge is 2.25. The number of carbonyl (C=O) groups is 1. The molecule has 0 fully saturated rings. The van der Waals surface area contributed by atoms with Gasteiger partial charge in [0.05, 0.1) is 17.3 Å². The lowest BCUT2D eigenvalue weighted by molar-refractivity contribution is -0.115. The van der Waals surface area contributed by atoms with Gasteiger partial charge in [-0.25, -0.2) is 8.42 Å². The largest absolute Gasteiger partial charge is 0.497 e. The van der Waals surface area contributed by atoms with Crippen molar-refractivity contribution in [1.82, 2.24) is 14.5 Å². The van der Waals surface area contributed by atoms with Crippen molar-refractivity contribution in [2.24, 2.45) is 0 Å². The Morgan fingerprint density at radius 3 is 2.40 bits per heavy atom. The van der Waals surface area contributed by atoms with Crippen LogP contribution in [0.25, 0.3) is 0 Å². The molecule has 0 saturated carbocycles. The van der Waals surface area contributed by atoms with E-state index in [4.69, 9.17) is 4.74 Å². The summed E-state index contributed by atoms with van der Waals surface area (Å²) in [5.74, 6) is 0.500. The third-order valence-electron chi connectivity index (χ3n) is 5.17. The van der Waals surface area contributed by atoms with Crippen LogP contribution in [-0.4, -0.2) is 54.3 Å². The van der Waals surface area contributed by atoms with E-state index in [-0.39, 0.29) is 10.8 Å². The topological polar surface area (TPSA) is 114 Å². The lowest BCUT2D eigenvalue weighted by atomic mass is 10.2. The molecule has 2 aromatic carbocycles. The van der Waals surface area contributed by atoms with E-state index in [0.717, 1.165) is 11.4 Å². The molecule has 0 bridgehead atoms. The van der Waals surface area contributed by atoms with Crippen LogP contribution < -0.4 is 15.4 Å². The van der Waals surface area contributed by atoms with E-state index in [1.54, 1.807) is 46.9 Å². The van der Waals surface area contributed by atoms with E-state index in [2.05, 4.69) is 20.8 Å². The fraction of sp³-hybridized carbons (Fsp3) is 0.348. The predicted octanol–water partition coefficient (Wildman–Crippen LogP) is 4.75. The molecule has 0 spiro atoms. The Morgan fingerprint density at radius 1 is 1.11 bits per heavy atom. The van der Waals surface area contributed by atoms with Crippen LogP contribution in [0.1, 0.15) is 26.3 Å². The first kappa shape index (κ1) is 26.9. The Morgan fingerprint density at radius 2 is 1.77 bits per heavy atom. The van der Waals surface area contributed by atoms with Crippen LogP contribution in [0.4, 0.5) is 16.5 Å². The van der Waals surface area contributed by atoms with Crippen LogP contribution in [0.15, 0.2) is 51.7 Å². The summed E-state index contributed by atoms with van der Waals surface area (Å²) in [6.07, 6.45) is 0. The molecule has 1 amide bonds. The SMILES string of the molecule is CCN(CC)S(=O)(=O)c1cc(NC(=O)C(C)Sc2nnc(Nc3ccc(OC)cc3)s2)ccc1C. The van der Waals surface area contributed by atoms with Crippen LogP contribution >= 0.6 is 23.1 Å². The Bertz CT molecular complexity index is 1260. The number of thioether (sulfide) groups is 1.